The zero-order chi connectivity index (χ0) is 16.9. The number of fused-ring (bicyclic) bond motifs is 1. The van der Waals surface area contributed by atoms with Crippen molar-refractivity contribution >= 4 is 22.4 Å². The summed E-state index contributed by atoms with van der Waals surface area (Å²) >= 11 is 5.93. The van der Waals surface area contributed by atoms with Crippen LogP contribution < -0.4 is 15.0 Å². The third-order valence-electron chi connectivity index (χ3n) is 3.50. The van der Waals surface area contributed by atoms with E-state index in [0.717, 1.165) is 11.1 Å². The molecule has 3 rings (SSSR count). The number of hydrogen-bond donors (Lipinski definition) is 0. The Kier molecular flexibility index (Phi) is 5.01. The van der Waals surface area contributed by atoms with Crippen LogP contribution in [0.2, 0.25) is 5.02 Å². The predicted octanol–water partition coefficient (Wildman–Crippen LogP) is 3.53. The molecule has 0 atom stereocenters. The molecule has 24 heavy (non-hydrogen) atoms. The van der Waals surface area contributed by atoms with E-state index in [9.17, 15) is 4.79 Å². The van der Waals surface area contributed by atoms with Gasteiger partial charge in [-0.3, -0.25) is 4.79 Å². The second kappa shape index (κ2) is 7.36. The molecule has 0 radical (unpaired) electrons. The average Bonchev–Trinajstić information content (AvgIpc) is 2.57. The van der Waals surface area contributed by atoms with E-state index in [4.69, 9.17) is 21.1 Å². The van der Waals surface area contributed by atoms with Crippen molar-refractivity contribution in [3.8, 4) is 11.5 Å². The molecule has 0 unspecified atom stereocenters. The highest BCUT2D eigenvalue weighted by molar-refractivity contribution is 6.31. The van der Waals surface area contributed by atoms with Crippen molar-refractivity contribution in [1.29, 1.82) is 0 Å². The Morgan fingerprint density at radius 3 is 2.71 bits per heavy atom. The van der Waals surface area contributed by atoms with Gasteiger partial charge < -0.3 is 9.47 Å². The van der Waals surface area contributed by atoms with Crippen LogP contribution in [-0.2, 0) is 6.54 Å². The number of benzene rings is 2. The van der Waals surface area contributed by atoms with E-state index in [0.29, 0.717) is 35.9 Å². The van der Waals surface area contributed by atoms with E-state index in [1.54, 1.807) is 24.4 Å². The van der Waals surface area contributed by atoms with E-state index >= 15 is 0 Å². The maximum Gasteiger partial charge on any atom is 0.274 e. The maximum absolute atomic E-state index is 12.4. The third kappa shape index (κ3) is 3.68. The van der Waals surface area contributed by atoms with Crippen molar-refractivity contribution in [2.24, 2.45) is 0 Å². The van der Waals surface area contributed by atoms with Gasteiger partial charge in [0.15, 0.2) is 0 Å². The number of nitrogens with zero attached hydrogens (tertiary/aromatic N) is 2. The lowest BCUT2D eigenvalue weighted by molar-refractivity contribution is 0.284. The molecule has 0 aliphatic heterocycles. The van der Waals surface area contributed by atoms with Crippen LogP contribution in [0, 0.1) is 0 Å². The fourth-order valence-corrected chi connectivity index (χ4v) is 2.57. The number of ether oxygens (including phenoxy) is 2. The summed E-state index contributed by atoms with van der Waals surface area (Å²) in [5.74, 6) is 1.45. The summed E-state index contributed by atoms with van der Waals surface area (Å²) < 4.78 is 12.5. The van der Waals surface area contributed by atoms with Crippen molar-refractivity contribution < 1.29 is 9.47 Å². The van der Waals surface area contributed by atoms with Crippen molar-refractivity contribution in [3.05, 3.63) is 64.0 Å². The van der Waals surface area contributed by atoms with Crippen LogP contribution in [0.3, 0.4) is 0 Å². The number of halogens is 1. The van der Waals surface area contributed by atoms with Crippen LogP contribution >= 0.6 is 11.6 Å². The second-order valence-electron chi connectivity index (χ2n) is 5.16. The quantitative estimate of drug-likeness (QED) is 0.686. The van der Waals surface area contributed by atoms with E-state index < -0.39 is 0 Å². The number of aromatic nitrogens is 2. The molecule has 2 aromatic carbocycles. The molecule has 0 saturated carbocycles. The molecule has 1 aromatic heterocycles. The highest BCUT2D eigenvalue weighted by atomic mass is 35.5. The summed E-state index contributed by atoms with van der Waals surface area (Å²) in [6.45, 7) is 3.22. The first-order valence-corrected chi connectivity index (χ1v) is 8.06. The molecule has 124 valence electrons. The predicted molar refractivity (Wildman–Crippen MR) is 94.1 cm³/mol. The van der Waals surface area contributed by atoms with Crippen LogP contribution in [0.1, 0.15) is 6.92 Å². The van der Waals surface area contributed by atoms with Crippen LogP contribution in [-0.4, -0.2) is 23.0 Å². The van der Waals surface area contributed by atoms with Crippen molar-refractivity contribution in [2.75, 3.05) is 13.2 Å². The topological polar surface area (TPSA) is 53.4 Å². The lowest BCUT2D eigenvalue weighted by Gasteiger charge is -2.10. The monoisotopic (exact) mass is 344 g/mol. The Morgan fingerprint density at radius 2 is 1.92 bits per heavy atom. The Labute approximate surface area is 144 Å². The van der Waals surface area contributed by atoms with Gasteiger partial charge in [0.2, 0.25) is 0 Å². The molecule has 0 bridgehead atoms. The Morgan fingerprint density at radius 1 is 1.12 bits per heavy atom. The molecule has 5 nitrogen and oxygen atoms in total. The third-order valence-corrected chi connectivity index (χ3v) is 3.74. The molecule has 0 saturated heterocycles. The Hall–Kier alpha value is -2.53. The van der Waals surface area contributed by atoms with Gasteiger partial charge in [0.05, 0.1) is 24.7 Å². The average molecular weight is 345 g/mol. The first kappa shape index (κ1) is 16.3. The molecule has 3 aromatic rings. The van der Waals surface area contributed by atoms with Crippen LogP contribution in [0.5, 0.6) is 11.5 Å². The minimum Gasteiger partial charge on any atom is -0.494 e. The van der Waals surface area contributed by atoms with Crippen LogP contribution in [0.15, 0.2) is 53.5 Å². The zero-order valence-corrected chi connectivity index (χ0v) is 14.0. The minimum atomic E-state index is -0.157. The molecule has 1 heterocycles. The normalized spacial score (nSPS) is 10.8. The molecule has 0 spiro atoms. The highest BCUT2D eigenvalue weighted by Crippen LogP contribution is 2.19. The summed E-state index contributed by atoms with van der Waals surface area (Å²) in [5.41, 5.74) is -0.157. The highest BCUT2D eigenvalue weighted by Gasteiger charge is 2.05. The van der Waals surface area contributed by atoms with E-state index in [1.165, 1.54) is 4.68 Å². The molecule has 0 aliphatic rings. The van der Waals surface area contributed by atoms with Crippen molar-refractivity contribution in [3.63, 3.8) is 0 Å². The smallest absolute Gasteiger partial charge is 0.274 e. The first-order valence-electron chi connectivity index (χ1n) is 7.68. The lowest BCUT2D eigenvalue weighted by atomic mass is 10.2. The van der Waals surface area contributed by atoms with Gasteiger partial charge in [-0.25, -0.2) is 4.68 Å². The molecule has 0 N–H and O–H groups in total. The fraction of sp³-hybridized carbons (Fsp3) is 0.222. The number of rotatable bonds is 6. The van der Waals surface area contributed by atoms with Gasteiger partial charge in [-0.05, 0) is 37.3 Å². The summed E-state index contributed by atoms with van der Waals surface area (Å²) in [5, 5.41) is 6.07. The van der Waals surface area contributed by atoms with Crippen molar-refractivity contribution in [2.45, 2.75) is 13.5 Å². The largest absolute Gasteiger partial charge is 0.494 e. The Bertz CT molecular complexity index is 908. The minimum absolute atomic E-state index is 0.157. The second-order valence-corrected chi connectivity index (χ2v) is 5.60. The number of hydrogen-bond acceptors (Lipinski definition) is 4. The van der Waals surface area contributed by atoms with Crippen molar-refractivity contribution in [1.82, 2.24) is 9.78 Å². The summed E-state index contributed by atoms with van der Waals surface area (Å²) in [6.07, 6.45) is 1.64. The van der Waals surface area contributed by atoms with E-state index in [2.05, 4.69) is 5.10 Å². The Balaban J connectivity index is 1.70. The van der Waals surface area contributed by atoms with Gasteiger partial charge in [0.1, 0.15) is 18.1 Å². The molecular weight excluding hydrogens is 328 g/mol. The molecule has 0 amide bonds. The van der Waals surface area contributed by atoms with Gasteiger partial charge in [-0.15, -0.1) is 0 Å². The van der Waals surface area contributed by atoms with Gasteiger partial charge in [0.25, 0.3) is 5.56 Å². The van der Waals surface area contributed by atoms with Crippen LogP contribution in [0.25, 0.3) is 10.8 Å². The van der Waals surface area contributed by atoms with Gasteiger partial charge in [-0.1, -0.05) is 17.7 Å². The summed E-state index contributed by atoms with van der Waals surface area (Å²) in [4.78, 5) is 12.4. The van der Waals surface area contributed by atoms with E-state index in [-0.39, 0.29) is 5.56 Å². The zero-order valence-electron chi connectivity index (χ0n) is 13.2. The molecular formula is C18H17ClN2O3. The maximum atomic E-state index is 12.4. The fourth-order valence-electron chi connectivity index (χ4n) is 2.39. The van der Waals surface area contributed by atoms with Gasteiger partial charge in [-0.2, -0.15) is 5.10 Å². The first-order chi connectivity index (χ1) is 11.7. The van der Waals surface area contributed by atoms with Crippen LogP contribution in [0.4, 0.5) is 0 Å². The van der Waals surface area contributed by atoms with Gasteiger partial charge >= 0.3 is 0 Å². The standard InChI is InChI=1S/C18H17ClN2O3/c1-2-23-15-4-3-5-16(11-15)24-9-8-21-18(22)17-7-6-14(19)10-13(17)12-20-21/h3-7,10-12H,2,8-9H2,1H3. The lowest BCUT2D eigenvalue weighted by Crippen LogP contribution is -2.25. The molecule has 0 fully saturated rings. The SMILES string of the molecule is CCOc1cccc(OCCn2ncc3cc(Cl)ccc3c2=O)c1. The summed E-state index contributed by atoms with van der Waals surface area (Å²) in [7, 11) is 0. The molecule has 0 aliphatic carbocycles. The van der Waals surface area contributed by atoms with E-state index in [1.807, 2.05) is 31.2 Å². The van der Waals surface area contributed by atoms with Gasteiger partial charge in [0, 0.05) is 16.5 Å². The molecule has 6 heteroatoms. The summed E-state index contributed by atoms with van der Waals surface area (Å²) in [6, 6.07) is 12.5.